The predicted octanol–water partition coefficient (Wildman–Crippen LogP) is 5.73. The van der Waals surface area contributed by atoms with Crippen LogP contribution in [0, 0.1) is 17.3 Å². The van der Waals surface area contributed by atoms with Crippen LogP contribution in [0.4, 0.5) is 0 Å². The maximum atomic E-state index is 10.6. The Labute approximate surface area is 159 Å². The van der Waals surface area contributed by atoms with Crippen molar-refractivity contribution in [1.82, 2.24) is 0 Å². The van der Waals surface area contributed by atoms with Crippen molar-refractivity contribution in [1.29, 1.82) is 0 Å². The summed E-state index contributed by atoms with van der Waals surface area (Å²) < 4.78 is 0. The van der Waals surface area contributed by atoms with E-state index in [4.69, 9.17) is 0 Å². The number of benzene rings is 1. The van der Waals surface area contributed by atoms with Crippen LogP contribution in [0.5, 0.6) is 5.75 Å². The molecule has 0 aromatic heterocycles. The number of aliphatic hydroxyl groups is 1. The molecular formula is C24H36O2. The largest absolute Gasteiger partial charge is 0.508 e. The van der Waals surface area contributed by atoms with Crippen molar-refractivity contribution < 1.29 is 10.2 Å². The molecule has 0 bridgehead atoms. The summed E-state index contributed by atoms with van der Waals surface area (Å²) in [5.41, 5.74) is 4.59. The van der Waals surface area contributed by atoms with E-state index in [2.05, 4.69) is 19.9 Å². The summed E-state index contributed by atoms with van der Waals surface area (Å²) in [6.45, 7) is 4.61. The standard InChI is InChI=1S/C24H36O2/c1-3-4-5-6-7-16-14-18(25)15-17-8-9-19-20(23(16)17)12-13-24(2)21(19)10-11-22(24)26/h14-15,19-22,25-26H,3-13H2,1-2H3/t19-,20+,21+,22+,24+/m1/s1. The number of aliphatic hydroxyl groups excluding tert-OH is 1. The highest BCUT2D eigenvalue weighted by Crippen LogP contribution is 2.61. The van der Waals surface area contributed by atoms with Crippen LogP contribution in [-0.2, 0) is 12.8 Å². The smallest absolute Gasteiger partial charge is 0.116 e. The first-order chi connectivity index (χ1) is 12.5. The number of hydrogen-bond acceptors (Lipinski definition) is 2. The van der Waals surface area contributed by atoms with Gasteiger partial charge in [0.2, 0.25) is 0 Å². The highest BCUT2D eigenvalue weighted by Gasteiger charge is 2.54. The van der Waals surface area contributed by atoms with Crippen LogP contribution >= 0.6 is 0 Å². The fourth-order valence-electron chi connectivity index (χ4n) is 6.74. The molecule has 2 saturated carbocycles. The van der Waals surface area contributed by atoms with E-state index in [0.29, 0.717) is 17.6 Å². The van der Waals surface area contributed by atoms with Crippen molar-refractivity contribution in [2.45, 2.75) is 96.5 Å². The topological polar surface area (TPSA) is 40.5 Å². The number of rotatable bonds is 5. The Morgan fingerprint density at radius 1 is 1.08 bits per heavy atom. The Morgan fingerprint density at radius 3 is 2.73 bits per heavy atom. The molecule has 0 amide bonds. The maximum absolute atomic E-state index is 10.6. The van der Waals surface area contributed by atoms with Crippen molar-refractivity contribution in [3.05, 3.63) is 28.8 Å². The number of fused-ring (bicyclic) bond motifs is 5. The zero-order chi connectivity index (χ0) is 18.3. The fraction of sp³-hybridized carbons (Fsp3) is 0.750. The Bertz CT molecular complexity index is 652. The minimum atomic E-state index is -0.0943. The molecule has 2 fully saturated rings. The Balaban J connectivity index is 1.62. The molecule has 3 aliphatic rings. The molecule has 3 aliphatic carbocycles. The minimum Gasteiger partial charge on any atom is -0.508 e. The molecule has 144 valence electrons. The summed E-state index contributed by atoms with van der Waals surface area (Å²) in [5, 5.41) is 20.9. The first kappa shape index (κ1) is 18.3. The average Bonchev–Trinajstić information content (AvgIpc) is 2.93. The molecule has 0 saturated heterocycles. The van der Waals surface area contributed by atoms with E-state index in [0.717, 1.165) is 31.6 Å². The molecule has 5 atom stereocenters. The maximum Gasteiger partial charge on any atom is 0.116 e. The van der Waals surface area contributed by atoms with Crippen molar-refractivity contribution in [2.24, 2.45) is 17.3 Å². The lowest BCUT2D eigenvalue weighted by Crippen LogP contribution is -2.44. The zero-order valence-corrected chi connectivity index (χ0v) is 16.6. The number of phenolic OH excluding ortho intramolecular Hbond substituents is 1. The second-order valence-electron chi connectivity index (χ2n) is 9.54. The first-order valence-corrected chi connectivity index (χ1v) is 11.1. The highest BCUT2D eigenvalue weighted by molar-refractivity contribution is 5.46. The Hall–Kier alpha value is -1.02. The number of aryl methyl sites for hydroxylation is 2. The molecule has 4 rings (SSSR count). The molecular weight excluding hydrogens is 320 g/mol. The van der Waals surface area contributed by atoms with Crippen LogP contribution in [0.1, 0.15) is 94.2 Å². The zero-order valence-electron chi connectivity index (χ0n) is 16.6. The van der Waals surface area contributed by atoms with Gasteiger partial charge in [-0.1, -0.05) is 33.1 Å². The molecule has 2 N–H and O–H groups in total. The fourth-order valence-corrected chi connectivity index (χ4v) is 6.74. The highest BCUT2D eigenvalue weighted by atomic mass is 16.3. The third kappa shape index (κ3) is 2.99. The molecule has 0 unspecified atom stereocenters. The van der Waals surface area contributed by atoms with Gasteiger partial charge in [-0.05, 0) is 103 Å². The summed E-state index contributed by atoms with van der Waals surface area (Å²) in [6.07, 6.45) is 13.1. The van der Waals surface area contributed by atoms with E-state index in [1.54, 1.807) is 5.56 Å². The van der Waals surface area contributed by atoms with Gasteiger partial charge in [0, 0.05) is 0 Å². The molecule has 1 aromatic rings. The monoisotopic (exact) mass is 356 g/mol. The summed E-state index contributed by atoms with van der Waals surface area (Å²) in [7, 11) is 0. The summed E-state index contributed by atoms with van der Waals surface area (Å²) in [5.74, 6) is 2.54. The van der Waals surface area contributed by atoms with Crippen LogP contribution in [0.2, 0.25) is 0 Å². The number of unbranched alkanes of at least 4 members (excludes halogenated alkanes) is 3. The van der Waals surface area contributed by atoms with E-state index >= 15 is 0 Å². The van der Waals surface area contributed by atoms with E-state index in [-0.39, 0.29) is 11.5 Å². The minimum absolute atomic E-state index is 0.0943. The first-order valence-electron chi connectivity index (χ1n) is 11.1. The molecule has 26 heavy (non-hydrogen) atoms. The molecule has 2 heteroatoms. The quantitative estimate of drug-likeness (QED) is 0.661. The van der Waals surface area contributed by atoms with E-state index < -0.39 is 0 Å². The summed E-state index contributed by atoms with van der Waals surface area (Å²) in [6, 6.07) is 4.10. The summed E-state index contributed by atoms with van der Waals surface area (Å²) in [4.78, 5) is 0. The van der Waals surface area contributed by atoms with Gasteiger partial charge in [0.1, 0.15) is 5.75 Å². The van der Waals surface area contributed by atoms with Gasteiger partial charge in [0.25, 0.3) is 0 Å². The van der Waals surface area contributed by atoms with Gasteiger partial charge in [-0.25, -0.2) is 0 Å². The lowest BCUT2D eigenvalue weighted by Gasteiger charge is -2.50. The van der Waals surface area contributed by atoms with E-state index in [9.17, 15) is 10.2 Å². The van der Waals surface area contributed by atoms with Gasteiger partial charge in [-0.15, -0.1) is 0 Å². The molecule has 0 aliphatic heterocycles. The number of aromatic hydroxyl groups is 1. The van der Waals surface area contributed by atoms with Gasteiger partial charge in [-0.2, -0.15) is 0 Å². The SMILES string of the molecule is CCCCCCc1cc(O)cc2c1[C@H]1CC[C@]3(C)[C@@H](O)CC[C@H]3[C@@H]1CC2. The van der Waals surface area contributed by atoms with Crippen molar-refractivity contribution in [2.75, 3.05) is 0 Å². The lowest BCUT2D eigenvalue weighted by atomic mass is 9.55. The van der Waals surface area contributed by atoms with Crippen LogP contribution in [-0.4, -0.2) is 16.3 Å². The Morgan fingerprint density at radius 2 is 1.92 bits per heavy atom. The van der Waals surface area contributed by atoms with Gasteiger partial charge in [0.05, 0.1) is 6.10 Å². The molecule has 0 radical (unpaired) electrons. The van der Waals surface area contributed by atoms with Crippen LogP contribution < -0.4 is 0 Å². The van der Waals surface area contributed by atoms with Crippen molar-refractivity contribution >= 4 is 0 Å². The van der Waals surface area contributed by atoms with Gasteiger partial charge >= 0.3 is 0 Å². The second kappa shape index (κ2) is 7.19. The van der Waals surface area contributed by atoms with Gasteiger partial charge in [-0.3, -0.25) is 0 Å². The Kier molecular flexibility index (Phi) is 5.07. The second-order valence-corrected chi connectivity index (χ2v) is 9.54. The molecule has 2 nitrogen and oxygen atoms in total. The molecule has 0 spiro atoms. The van der Waals surface area contributed by atoms with Crippen molar-refractivity contribution in [3.63, 3.8) is 0 Å². The summed E-state index contributed by atoms with van der Waals surface area (Å²) >= 11 is 0. The van der Waals surface area contributed by atoms with E-state index in [1.807, 2.05) is 6.07 Å². The van der Waals surface area contributed by atoms with Gasteiger partial charge < -0.3 is 10.2 Å². The lowest BCUT2D eigenvalue weighted by molar-refractivity contribution is -0.0227. The van der Waals surface area contributed by atoms with Crippen LogP contribution in [0.25, 0.3) is 0 Å². The average molecular weight is 357 g/mol. The number of hydrogen-bond donors (Lipinski definition) is 2. The third-order valence-corrected chi connectivity index (χ3v) is 8.14. The van der Waals surface area contributed by atoms with Crippen LogP contribution in [0.15, 0.2) is 12.1 Å². The predicted molar refractivity (Wildman–Crippen MR) is 107 cm³/mol. The van der Waals surface area contributed by atoms with Gasteiger partial charge in [0.15, 0.2) is 0 Å². The van der Waals surface area contributed by atoms with Crippen molar-refractivity contribution in [3.8, 4) is 5.75 Å². The number of phenols is 1. The molecule has 0 heterocycles. The normalized spacial score (nSPS) is 35.7. The van der Waals surface area contributed by atoms with E-state index in [1.165, 1.54) is 56.1 Å². The third-order valence-electron chi connectivity index (χ3n) is 8.14. The van der Waals surface area contributed by atoms with Crippen LogP contribution in [0.3, 0.4) is 0 Å². The molecule has 1 aromatic carbocycles.